The Labute approximate surface area is 126 Å². The summed E-state index contributed by atoms with van der Waals surface area (Å²) in [7, 11) is 0. The smallest absolute Gasteiger partial charge is 0.249 e. The molecule has 2 aliphatic rings. The lowest BCUT2D eigenvalue weighted by atomic mass is 9.91. The number of hydrogen-bond donors (Lipinski definition) is 1. The minimum absolute atomic E-state index is 0.0413. The number of carbonyl (C=O) groups excluding carboxylic acids is 2. The third-order valence-electron chi connectivity index (χ3n) is 4.12. The summed E-state index contributed by atoms with van der Waals surface area (Å²) in [6.07, 6.45) is 2.04. The number of carbonyl (C=O) groups is 2. The minimum Gasteiger partial charge on any atom is -0.340 e. The Balaban J connectivity index is 1.81. The lowest BCUT2D eigenvalue weighted by Crippen LogP contribution is -2.66. The highest BCUT2D eigenvalue weighted by molar-refractivity contribution is 9.10. The fourth-order valence-corrected chi connectivity index (χ4v) is 3.32. The van der Waals surface area contributed by atoms with Crippen LogP contribution in [0.25, 0.3) is 0 Å². The normalized spacial score (nSPS) is 26.6. The number of halogens is 1. The second-order valence-corrected chi connectivity index (χ2v) is 6.73. The summed E-state index contributed by atoms with van der Waals surface area (Å²) in [6.45, 7) is 2.49. The predicted octanol–water partition coefficient (Wildman–Crippen LogP) is 2.08. The third kappa shape index (κ3) is 2.46. The number of nitrogens with one attached hydrogen (secondary N) is 1. The molecule has 5 heteroatoms. The number of hydrogen-bond acceptors (Lipinski definition) is 2. The maximum atomic E-state index is 12.7. The van der Waals surface area contributed by atoms with E-state index in [1.807, 2.05) is 31.2 Å². The summed E-state index contributed by atoms with van der Waals surface area (Å²) in [5.74, 6) is 0.276. The van der Waals surface area contributed by atoms with E-state index in [9.17, 15) is 9.59 Å². The van der Waals surface area contributed by atoms with Crippen LogP contribution in [0.1, 0.15) is 25.3 Å². The Bertz CT molecular complexity index is 571. The molecule has 1 N–H and O–H groups in total. The Morgan fingerprint density at radius 3 is 2.80 bits per heavy atom. The van der Waals surface area contributed by atoms with Gasteiger partial charge in [0, 0.05) is 11.0 Å². The van der Waals surface area contributed by atoms with Gasteiger partial charge in [-0.15, -0.1) is 0 Å². The summed E-state index contributed by atoms with van der Waals surface area (Å²) in [5.41, 5.74) is 0.321. The van der Waals surface area contributed by atoms with E-state index in [0.717, 1.165) is 22.9 Å². The number of nitrogens with zero attached hydrogens (tertiary/aromatic N) is 1. The van der Waals surface area contributed by atoms with Crippen molar-refractivity contribution in [3.05, 3.63) is 34.3 Å². The summed E-state index contributed by atoms with van der Waals surface area (Å²) < 4.78 is 0.980. The van der Waals surface area contributed by atoms with Crippen LogP contribution in [-0.4, -0.2) is 28.8 Å². The van der Waals surface area contributed by atoms with Crippen LogP contribution in [0.3, 0.4) is 0 Å². The molecule has 1 aromatic rings. The van der Waals surface area contributed by atoms with E-state index in [0.29, 0.717) is 12.5 Å². The molecule has 0 radical (unpaired) electrons. The summed E-state index contributed by atoms with van der Waals surface area (Å²) >= 11 is 3.43. The second-order valence-electron chi connectivity index (χ2n) is 5.82. The summed E-state index contributed by atoms with van der Waals surface area (Å²) in [5, 5.41) is 2.89. The van der Waals surface area contributed by atoms with Crippen LogP contribution in [-0.2, 0) is 16.1 Å². The minimum atomic E-state index is -0.707. The number of benzene rings is 1. The van der Waals surface area contributed by atoms with E-state index in [1.54, 1.807) is 4.90 Å². The van der Waals surface area contributed by atoms with Crippen LogP contribution in [0.4, 0.5) is 0 Å². The molecule has 1 saturated heterocycles. The van der Waals surface area contributed by atoms with E-state index in [2.05, 4.69) is 21.2 Å². The molecule has 1 saturated carbocycles. The van der Waals surface area contributed by atoms with Crippen LogP contribution in [0.15, 0.2) is 28.7 Å². The monoisotopic (exact) mass is 336 g/mol. The first kappa shape index (κ1) is 13.6. The van der Waals surface area contributed by atoms with Crippen LogP contribution in [0.2, 0.25) is 0 Å². The number of piperazine rings is 1. The van der Waals surface area contributed by atoms with Crippen molar-refractivity contribution in [3.8, 4) is 0 Å². The Morgan fingerprint density at radius 1 is 1.40 bits per heavy atom. The molecule has 2 fully saturated rings. The Hall–Kier alpha value is -1.36. The number of rotatable bonds is 3. The van der Waals surface area contributed by atoms with Gasteiger partial charge < -0.3 is 10.2 Å². The van der Waals surface area contributed by atoms with Gasteiger partial charge in [0.15, 0.2) is 0 Å². The first-order valence-electron chi connectivity index (χ1n) is 6.84. The lowest BCUT2D eigenvalue weighted by molar-refractivity contribution is -0.150. The van der Waals surface area contributed by atoms with Gasteiger partial charge in [-0.3, -0.25) is 9.59 Å². The SMILES string of the molecule is CC1(C2CC2)NC(=O)CN(Cc2cccc(Br)c2)C1=O. The average Bonchev–Trinajstić information content (AvgIpc) is 3.20. The maximum Gasteiger partial charge on any atom is 0.249 e. The molecular weight excluding hydrogens is 320 g/mol. The second kappa shape index (κ2) is 4.88. The van der Waals surface area contributed by atoms with E-state index < -0.39 is 5.54 Å². The van der Waals surface area contributed by atoms with E-state index in [-0.39, 0.29) is 18.4 Å². The molecule has 106 valence electrons. The molecular formula is C15H17BrN2O2. The largest absolute Gasteiger partial charge is 0.340 e. The van der Waals surface area contributed by atoms with Gasteiger partial charge in [-0.05, 0) is 43.4 Å². The van der Waals surface area contributed by atoms with Gasteiger partial charge in [-0.1, -0.05) is 28.1 Å². The molecule has 3 rings (SSSR count). The molecule has 1 aliphatic heterocycles. The van der Waals surface area contributed by atoms with Crippen molar-refractivity contribution in [1.82, 2.24) is 10.2 Å². The molecule has 1 aliphatic carbocycles. The van der Waals surface area contributed by atoms with Crippen molar-refractivity contribution in [2.45, 2.75) is 31.8 Å². The van der Waals surface area contributed by atoms with Crippen molar-refractivity contribution in [2.24, 2.45) is 5.92 Å². The highest BCUT2D eigenvalue weighted by Gasteiger charge is 2.52. The van der Waals surface area contributed by atoms with Gasteiger partial charge in [-0.2, -0.15) is 0 Å². The first-order valence-corrected chi connectivity index (χ1v) is 7.63. The number of amides is 2. The van der Waals surface area contributed by atoms with Crippen LogP contribution in [0, 0.1) is 5.92 Å². The molecule has 0 bridgehead atoms. The van der Waals surface area contributed by atoms with Crippen LogP contribution < -0.4 is 5.32 Å². The molecule has 1 unspecified atom stereocenters. The Morgan fingerprint density at radius 2 is 2.15 bits per heavy atom. The van der Waals surface area contributed by atoms with E-state index >= 15 is 0 Å². The highest BCUT2D eigenvalue weighted by Crippen LogP contribution is 2.41. The first-order chi connectivity index (χ1) is 9.49. The fraction of sp³-hybridized carbons (Fsp3) is 0.467. The zero-order valence-electron chi connectivity index (χ0n) is 11.4. The third-order valence-corrected chi connectivity index (χ3v) is 4.61. The predicted molar refractivity (Wildman–Crippen MR) is 78.8 cm³/mol. The molecule has 1 heterocycles. The van der Waals surface area contributed by atoms with Gasteiger partial charge in [0.2, 0.25) is 11.8 Å². The molecule has 2 amide bonds. The van der Waals surface area contributed by atoms with Crippen LogP contribution in [0.5, 0.6) is 0 Å². The Kier molecular flexibility index (Phi) is 3.32. The van der Waals surface area contributed by atoms with E-state index in [1.165, 1.54) is 0 Å². The van der Waals surface area contributed by atoms with Crippen molar-refractivity contribution >= 4 is 27.7 Å². The van der Waals surface area contributed by atoms with Gasteiger partial charge in [0.1, 0.15) is 5.54 Å². The fourth-order valence-electron chi connectivity index (χ4n) is 2.88. The maximum absolute atomic E-state index is 12.7. The zero-order valence-corrected chi connectivity index (χ0v) is 12.9. The summed E-state index contributed by atoms with van der Waals surface area (Å²) in [4.78, 5) is 26.2. The molecule has 1 atom stereocenters. The van der Waals surface area contributed by atoms with Gasteiger partial charge in [-0.25, -0.2) is 0 Å². The lowest BCUT2D eigenvalue weighted by Gasteiger charge is -2.40. The topological polar surface area (TPSA) is 49.4 Å². The van der Waals surface area contributed by atoms with Crippen molar-refractivity contribution in [2.75, 3.05) is 6.54 Å². The molecule has 0 aromatic heterocycles. The molecule has 4 nitrogen and oxygen atoms in total. The average molecular weight is 337 g/mol. The molecule has 0 spiro atoms. The summed E-state index contributed by atoms with van der Waals surface area (Å²) in [6, 6.07) is 7.84. The van der Waals surface area contributed by atoms with Crippen LogP contribution >= 0.6 is 15.9 Å². The van der Waals surface area contributed by atoms with Crippen molar-refractivity contribution in [3.63, 3.8) is 0 Å². The molecule has 20 heavy (non-hydrogen) atoms. The standard InChI is InChI=1S/C15H17BrN2O2/c1-15(11-5-6-11)14(20)18(9-13(19)17-15)8-10-3-2-4-12(16)7-10/h2-4,7,11H,5-6,8-9H2,1H3,(H,17,19). The van der Waals surface area contributed by atoms with Crippen molar-refractivity contribution in [1.29, 1.82) is 0 Å². The quantitative estimate of drug-likeness (QED) is 0.918. The van der Waals surface area contributed by atoms with Crippen molar-refractivity contribution < 1.29 is 9.59 Å². The zero-order chi connectivity index (χ0) is 14.3. The van der Waals surface area contributed by atoms with E-state index in [4.69, 9.17) is 0 Å². The highest BCUT2D eigenvalue weighted by atomic mass is 79.9. The molecule has 1 aromatic carbocycles. The van der Waals surface area contributed by atoms with Gasteiger partial charge in [0.05, 0.1) is 6.54 Å². The van der Waals surface area contributed by atoms with Gasteiger partial charge in [0.25, 0.3) is 0 Å². The van der Waals surface area contributed by atoms with Gasteiger partial charge >= 0.3 is 0 Å².